The van der Waals surface area contributed by atoms with E-state index in [0.717, 1.165) is 43.1 Å². The molecule has 0 bridgehead atoms. The second-order valence-corrected chi connectivity index (χ2v) is 4.56. The lowest BCUT2D eigenvalue weighted by atomic mass is 10.1. The lowest BCUT2D eigenvalue weighted by Crippen LogP contribution is -2.09. The van der Waals surface area contributed by atoms with Gasteiger partial charge in [0.2, 0.25) is 0 Å². The fourth-order valence-corrected chi connectivity index (χ4v) is 2.11. The van der Waals surface area contributed by atoms with Crippen molar-refractivity contribution in [3.8, 4) is 0 Å². The van der Waals surface area contributed by atoms with Gasteiger partial charge in [0, 0.05) is 26.0 Å². The molecule has 0 saturated carbocycles. The third-order valence-corrected chi connectivity index (χ3v) is 2.92. The van der Waals surface area contributed by atoms with E-state index in [1.807, 2.05) is 0 Å². The summed E-state index contributed by atoms with van der Waals surface area (Å²) in [5, 5.41) is 0. The number of nitrogens with two attached hydrogens (primary N) is 1. The van der Waals surface area contributed by atoms with Crippen molar-refractivity contribution in [3.05, 3.63) is 11.5 Å². The molecular formula is C13H25N3O. The molecule has 0 aliphatic carbocycles. The van der Waals surface area contributed by atoms with Crippen molar-refractivity contribution in [3.63, 3.8) is 0 Å². The summed E-state index contributed by atoms with van der Waals surface area (Å²) in [6.45, 7) is 8.05. The van der Waals surface area contributed by atoms with Crippen LogP contribution in [0.15, 0.2) is 0 Å². The maximum atomic E-state index is 6.20. The number of rotatable bonds is 7. The molecule has 0 aliphatic heterocycles. The fraction of sp³-hybridized carbons (Fsp3) is 0.769. The number of methoxy groups -OCH3 is 1. The van der Waals surface area contributed by atoms with E-state index in [1.54, 1.807) is 7.11 Å². The number of ether oxygens (including phenoxy) is 1. The van der Waals surface area contributed by atoms with Crippen LogP contribution in [0.4, 0.5) is 5.82 Å². The average Bonchev–Trinajstić information content (AvgIpc) is 2.59. The zero-order chi connectivity index (χ0) is 12.8. The van der Waals surface area contributed by atoms with Crippen LogP contribution in [0.5, 0.6) is 0 Å². The van der Waals surface area contributed by atoms with Crippen LogP contribution in [-0.2, 0) is 17.7 Å². The molecule has 1 heterocycles. The average molecular weight is 239 g/mol. The predicted molar refractivity (Wildman–Crippen MR) is 71.2 cm³/mol. The Morgan fingerprint density at radius 1 is 1.35 bits per heavy atom. The van der Waals surface area contributed by atoms with Crippen molar-refractivity contribution in [2.75, 3.05) is 19.5 Å². The zero-order valence-electron chi connectivity index (χ0n) is 11.5. The number of aryl methyl sites for hydroxylation is 1. The van der Waals surface area contributed by atoms with E-state index in [4.69, 9.17) is 15.5 Å². The molecule has 0 fully saturated rings. The van der Waals surface area contributed by atoms with Crippen LogP contribution in [0.25, 0.3) is 0 Å². The van der Waals surface area contributed by atoms with Gasteiger partial charge in [-0.1, -0.05) is 20.8 Å². The van der Waals surface area contributed by atoms with Gasteiger partial charge in [-0.15, -0.1) is 0 Å². The maximum Gasteiger partial charge on any atom is 0.127 e. The van der Waals surface area contributed by atoms with Gasteiger partial charge in [-0.2, -0.15) is 0 Å². The molecule has 4 nitrogen and oxygen atoms in total. The first-order chi connectivity index (χ1) is 8.15. The van der Waals surface area contributed by atoms with E-state index < -0.39 is 0 Å². The van der Waals surface area contributed by atoms with E-state index in [1.165, 1.54) is 0 Å². The van der Waals surface area contributed by atoms with Gasteiger partial charge in [-0.05, 0) is 12.8 Å². The van der Waals surface area contributed by atoms with Gasteiger partial charge in [0.25, 0.3) is 0 Å². The molecule has 4 heteroatoms. The normalized spacial score (nSPS) is 12.9. The van der Waals surface area contributed by atoms with Gasteiger partial charge >= 0.3 is 0 Å². The molecule has 17 heavy (non-hydrogen) atoms. The Morgan fingerprint density at radius 2 is 2.06 bits per heavy atom. The Morgan fingerprint density at radius 3 is 2.59 bits per heavy atom. The molecule has 0 aromatic carbocycles. The highest BCUT2D eigenvalue weighted by atomic mass is 16.5. The molecule has 0 saturated heterocycles. The highest BCUT2D eigenvalue weighted by molar-refractivity contribution is 5.40. The third kappa shape index (κ3) is 3.22. The Balaban J connectivity index is 3.02. The minimum Gasteiger partial charge on any atom is -0.384 e. The summed E-state index contributed by atoms with van der Waals surface area (Å²) in [7, 11) is 1.71. The van der Waals surface area contributed by atoms with E-state index in [0.29, 0.717) is 6.61 Å². The van der Waals surface area contributed by atoms with Crippen LogP contribution in [0.2, 0.25) is 0 Å². The molecule has 0 aliphatic rings. The van der Waals surface area contributed by atoms with Crippen LogP contribution in [0.3, 0.4) is 0 Å². The second-order valence-electron chi connectivity index (χ2n) is 4.56. The van der Waals surface area contributed by atoms with Crippen molar-refractivity contribution < 1.29 is 4.74 Å². The molecule has 98 valence electrons. The van der Waals surface area contributed by atoms with Gasteiger partial charge in [0.15, 0.2) is 0 Å². The molecule has 0 radical (unpaired) electrons. The number of imidazole rings is 1. The molecule has 0 spiro atoms. The van der Waals surface area contributed by atoms with Crippen LogP contribution in [0.1, 0.15) is 51.0 Å². The first-order valence-corrected chi connectivity index (χ1v) is 6.49. The van der Waals surface area contributed by atoms with Crippen molar-refractivity contribution in [1.29, 1.82) is 0 Å². The third-order valence-electron chi connectivity index (χ3n) is 2.92. The summed E-state index contributed by atoms with van der Waals surface area (Å²) in [5.41, 5.74) is 7.19. The van der Waals surface area contributed by atoms with Crippen LogP contribution >= 0.6 is 0 Å². The lowest BCUT2D eigenvalue weighted by molar-refractivity contribution is 0.183. The number of hydrogen-bond acceptors (Lipinski definition) is 3. The van der Waals surface area contributed by atoms with E-state index >= 15 is 0 Å². The van der Waals surface area contributed by atoms with Crippen LogP contribution in [-0.4, -0.2) is 23.3 Å². The highest BCUT2D eigenvalue weighted by Gasteiger charge is 2.18. The summed E-state index contributed by atoms with van der Waals surface area (Å²) in [6.07, 6.45) is 3.16. The Labute approximate surface area is 104 Å². The molecule has 2 N–H and O–H groups in total. The van der Waals surface area contributed by atoms with Gasteiger partial charge in [0.1, 0.15) is 11.6 Å². The highest BCUT2D eigenvalue weighted by Crippen LogP contribution is 2.24. The van der Waals surface area contributed by atoms with E-state index in [9.17, 15) is 0 Å². The maximum absolute atomic E-state index is 6.20. The minimum atomic E-state index is 0.258. The predicted octanol–water partition coefficient (Wildman–Crippen LogP) is 2.58. The lowest BCUT2D eigenvalue weighted by Gasteiger charge is -2.10. The van der Waals surface area contributed by atoms with E-state index in [2.05, 4.69) is 25.3 Å². The largest absolute Gasteiger partial charge is 0.384 e. The zero-order valence-corrected chi connectivity index (χ0v) is 11.5. The molecule has 0 amide bonds. The Bertz CT molecular complexity index is 347. The number of hydrogen-bond donors (Lipinski definition) is 1. The van der Waals surface area contributed by atoms with Crippen molar-refractivity contribution >= 4 is 5.82 Å². The monoisotopic (exact) mass is 239 g/mol. The molecule has 1 aromatic rings. The molecule has 1 aromatic heterocycles. The fourth-order valence-electron chi connectivity index (χ4n) is 2.11. The minimum absolute atomic E-state index is 0.258. The van der Waals surface area contributed by atoms with Crippen molar-refractivity contribution in [2.45, 2.75) is 52.5 Å². The number of nitrogens with zero attached hydrogens (tertiary/aromatic N) is 2. The van der Waals surface area contributed by atoms with Gasteiger partial charge in [-0.25, -0.2) is 4.98 Å². The summed E-state index contributed by atoms with van der Waals surface area (Å²) in [6, 6.07) is 0. The molecule has 1 rings (SSSR count). The van der Waals surface area contributed by atoms with Crippen LogP contribution < -0.4 is 5.73 Å². The number of aromatic nitrogens is 2. The number of nitrogen functional groups attached to an aromatic ring is 1. The summed E-state index contributed by atoms with van der Waals surface area (Å²) in [4.78, 5) is 4.69. The summed E-state index contributed by atoms with van der Waals surface area (Å²) < 4.78 is 7.34. The Kier molecular flexibility index (Phi) is 5.48. The molecule has 1 atom stereocenters. The standard InChI is InChI=1S/C13H25N3O/c1-5-7-11-15-12(10(3)9-17-4)13(14)16(11)8-6-2/h10H,5-9,14H2,1-4H3. The molecular weight excluding hydrogens is 214 g/mol. The second kappa shape index (κ2) is 6.64. The van der Waals surface area contributed by atoms with E-state index in [-0.39, 0.29) is 5.92 Å². The Hall–Kier alpha value is -1.03. The first kappa shape index (κ1) is 14.0. The summed E-state index contributed by atoms with van der Waals surface area (Å²) in [5.74, 6) is 2.19. The first-order valence-electron chi connectivity index (χ1n) is 6.49. The van der Waals surface area contributed by atoms with Gasteiger partial charge in [0.05, 0.1) is 12.3 Å². The SMILES string of the molecule is CCCc1nc(C(C)COC)c(N)n1CCC. The number of anilines is 1. The van der Waals surface area contributed by atoms with Gasteiger partial charge in [-0.3, -0.25) is 0 Å². The quantitative estimate of drug-likeness (QED) is 0.795. The summed E-state index contributed by atoms with van der Waals surface area (Å²) >= 11 is 0. The van der Waals surface area contributed by atoms with Gasteiger partial charge < -0.3 is 15.0 Å². The molecule has 1 unspecified atom stereocenters. The van der Waals surface area contributed by atoms with Crippen molar-refractivity contribution in [1.82, 2.24) is 9.55 Å². The van der Waals surface area contributed by atoms with Crippen LogP contribution in [0, 0.1) is 0 Å². The topological polar surface area (TPSA) is 53.1 Å². The van der Waals surface area contributed by atoms with Crippen molar-refractivity contribution in [2.24, 2.45) is 0 Å². The smallest absolute Gasteiger partial charge is 0.127 e.